The van der Waals surface area contributed by atoms with Crippen LogP contribution < -0.4 is 5.32 Å². The minimum absolute atomic E-state index is 0.104. The maximum atomic E-state index is 13.0. The first kappa shape index (κ1) is 16.1. The third kappa shape index (κ3) is 4.36. The fourth-order valence-corrected chi connectivity index (χ4v) is 2.29. The molecule has 1 amide bonds. The number of carbonyl (C=O) groups excluding carboxylic acids is 1. The Labute approximate surface area is 130 Å². The monoisotopic (exact) mass is 301 g/mol. The van der Waals surface area contributed by atoms with Gasteiger partial charge in [0.15, 0.2) is 0 Å². The highest BCUT2D eigenvalue weighted by molar-refractivity contribution is 5.83. The highest BCUT2D eigenvalue weighted by Crippen LogP contribution is 2.18. The van der Waals surface area contributed by atoms with Gasteiger partial charge in [-0.1, -0.05) is 18.2 Å². The molecular weight excluding hydrogens is 281 g/mol. The molecule has 0 saturated carbocycles. The molecule has 2 aromatic rings. The number of likely N-dealkylation sites (N-methyl/N-ethyl adjacent to an activating group) is 1. The van der Waals surface area contributed by atoms with E-state index in [1.807, 2.05) is 37.2 Å². The van der Waals surface area contributed by atoms with E-state index in [-0.39, 0.29) is 11.7 Å². The van der Waals surface area contributed by atoms with Crippen molar-refractivity contribution in [3.8, 4) is 0 Å². The van der Waals surface area contributed by atoms with Crippen molar-refractivity contribution in [2.75, 3.05) is 20.6 Å². The topological polar surface area (TPSA) is 45.2 Å². The van der Waals surface area contributed by atoms with Gasteiger partial charge in [0.05, 0.1) is 0 Å². The fourth-order valence-electron chi connectivity index (χ4n) is 2.29. The molecule has 5 heteroatoms. The number of nitrogens with zero attached hydrogens (tertiary/aromatic N) is 2. The first-order valence-electron chi connectivity index (χ1n) is 7.17. The van der Waals surface area contributed by atoms with Crippen LogP contribution in [0.5, 0.6) is 0 Å². The summed E-state index contributed by atoms with van der Waals surface area (Å²) in [6.45, 7) is 0.515. The molecule has 0 spiro atoms. The van der Waals surface area contributed by atoms with Crippen molar-refractivity contribution in [2.24, 2.45) is 0 Å². The quantitative estimate of drug-likeness (QED) is 0.889. The average Bonchev–Trinajstić information content (AvgIpc) is 2.50. The summed E-state index contributed by atoms with van der Waals surface area (Å²) in [5, 5.41) is 2.91. The largest absolute Gasteiger partial charge is 0.354 e. The molecular formula is C17H20FN3O. The van der Waals surface area contributed by atoms with E-state index in [1.54, 1.807) is 18.3 Å². The lowest BCUT2D eigenvalue weighted by Gasteiger charge is -2.23. The second kappa shape index (κ2) is 7.66. The van der Waals surface area contributed by atoms with E-state index in [9.17, 15) is 9.18 Å². The molecule has 0 saturated heterocycles. The number of aromatic nitrogens is 1. The first-order chi connectivity index (χ1) is 10.6. The van der Waals surface area contributed by atoms with E-state index in [0.29, 0.717) is 13.0 Å². The standard InChI is InChI=1S/C17H20FN3O/c1-21(2)16(13-6-8-14(18)9-7-13)17(22)20-12-10-15-5-3-4-11-19-15/h3-9,11,16H,10,12H2,1-2H3,(H,20,22)/t16-/m1/s1. The SMILES string of the molecule is CN(C)[C@@H](C(=O)NCCc1ccccn1)c1ccc(F)cc1. The minimum atomic E-state index is -0.440. The number of nitrogens with one attached hydrogen (secondary N) is 1. The second-order valence-electron chi connectivity index (χ2n) is 5.28. The lowest BCUT2D eigenvalue weighted by atomic mass is 10.1. The molecule has 0 aliphatic heterocycles. The summed E-state index contributed by atoms with van der Waals surface area (Å²) in [4.78, 5) is 18.4. The second-order valence-corrected chi connectivity index (χ2v) is 5.28. The molecule has 1 aromatic heterocycles. The summed E-state index contributed by atoms with van der Waals surface area (Å²) in [6.07, 6.45) is 2.41. The Morgan fingerprint density at radius 1 is 1.23 bits per heavy atom. The fraction of sp³-hybridized carbons (Fsp3) is 0.294. The summed E-state index contributed by atoms with van der Waals surface area (Å²) in [5.41, 5.74) is 1.70. The molecule has 0 bridgehead atoms. The molecule has 0 unspecified atom stereocenters. The maximum Gasteiger partial charge on any atom is 0.241 e. The summed E-state index contributed by atoms with van der Waals surface area (Å²) in [7, 11) is 3.65. The van der Waals surface area contributed by atoms with Gasteiger partial charge in [-0.05, 0) is 43.9 Å². The van der Waals surface area contributed by atoms with Crippen LogP contribution in [-0.2, 0) is 11.2 Å². The number of halogens is 1. The number of hydrogen-bond donors (Lipinski definition) is 1. The zero-order chi connectivity index (χ0) is 15.9. The molecule has 1 heterocycles. The van der Waals surface area contributed by atoms with E-state index in [1.165, 1.54) is 12.1 Å². The molecule has 22 heavy (non-hydrogen) atoms. The van der Waals surface area contributed by atoms with Gasteiger partial charge in [0, 0.05) is 24.9 Å². The van der Waals surface area contributed by atoms with Crippen LogP contribution in [0.4, 0.5) is 4.39 Å². The zero-order valence-corrected chi connectivity index (χ0v) is 12.8. The molecule has 0 fully saturated rings. The zero-order valence-electron chi connectivity index (χ0n) is 12.8. The molecule has 0 radical (unpaired) electrons. The Balaban J connectivity index is 1.97. The number of benzene rings is 1. The van der Waals surface area contributed by atoms with Crippen LogP contribution in [0.2, 0.25) is 0 Å². The average molecular weight is 301 g/mol. The third-order valence-corrected chi connectivity index (χ3v) is 3.36. The van der Waals surface area contributed by atoms with Crippen LogP contribution >= 0.6 is 0 Å². The van der Waals surface area contributed by atoms with Crippen molar-refractivity contribution >= 4 is 5.91 Å². The highest BCUT2D eigenvalue weighted by Gasteiger charge is 2.22. The third-order valence-electron chi connectivity index (χ3n) is 3.36. The minimum Gasteiger partial charge on any atom is -0.354 e. The van der Waals surface area contributed by atoms with E-state index < -0.39 is 6.04 Å². The van der Waals surface area contributed by atoms with Crippen molar-refractivity contribution in [2.45, 2.75) is 12.5 Å². The first-order valence-corrected chi connectivity index (χ1v) is 7.17. The summed E-state index contributed by atoms with van der Waals surface area (Å²) in [5.74, 6) is -0.413. The van der Waals surface area contributed by atoms with E-state index in [4.69, 9.17) is 0 Å². The van der Waals surface area contributed by atoms with Gasteiger partial charge < -0.3 is 5.32 Å². The van der Waals surface area contributed by atoms with Gasteiger partial charge in [-0.15, -0.1) is 0 Å². The molecule has 1 aromatic carbocycles. The van der Waals surface area contributed by atoms with Crippen LogP contribution in [0.1, 0.15) is 17.3 Å². The lowest BCUT2D eigenvalue weighted by molar-refractivity contribution is -0.125. The van der Waals surface area contributed by atoms with Crippen molar-refractivity contribution in [3.63, 3.8) is 0 Å². The highest BCUT2D eigenvalue weighted by atomic mass is 19.1. The molecule has 1 atom stereocenters. The van der Waals surface area contributed by atoms with Crippen LogP contribution in [0.15, 0.2) is 48.7 Å². The Morgan fingerprint density at radius 3 is 2.55 bits per heavy atom. The van der Waals surface area contributed by atoms with Gasteiger partial charge in [-0.25, -0.2) is 4.39 Å². The van der Waals surface area contributed by atoms with Crippen LogP contribution in [0.3, 0.4) is 0 Å². The van der Waals surface area contributed by atoms with E-state index in [2.05, 4.69) is 10.3 Å². The number of hydrogen-bond acceptors (Lipinski definition) is 3. The van der Waals surface area contributed by atoms with Gasteiger partial charge >= 0.3 is 0 Å². The summed E-state index contributed by atoms with van der Waals surface area (Å²) >= 11 is 0. The molecule has 2 rings (SSSR count). The van der Waals surface area contributed by atoms with E-state index >= 15 is 0 Å². The van der Waals surface area contributed by atoms with Gasteiger partial charge in [0.2, 0.25) is 5.91 Å². The summed E-state index contributed by atoms with van der Waals surface area (Å²) in [6, 6.07) is 11.3. The van der Waals surface area contributed by atoms with Gasteiger partial charge in [0.25, 0.3) is 0 Å². The van der Waals surface area contributed by atoms with Crippen LogP contribution in [-0.4, -0.2) is 36.4 Å². The van der Waals surface area contributed by atoms with Gasteiger partial charge in [-0.3, -0.25) is 14.7 Å². The number of amides is 1. The Hall–Kier alpha value is -2.27. The van der Waals surface area contributed by atoms with E-state index in [0.717, 1.165) is 11.3 Å². The van der Waals surface area contributed by atoms with Crippen molar-refractivity contribution in [3.05, 3.63) is 65.7 Å². The Morgan fingerprint density at radius 2 is 1.95 bits per heavy atom. The van der Waals surface area contributed by atoms with Crippen molar-refractivity contribution < 1.29 is 9.18 Å². The summed E-state index contributed by atoms with van der Waals surface area (Å²) < 4.78 is 13.0. The smallest absolute Gasteiger partial charge is 0.241 e. The lowest BCUT2D eigenvalue weighted by Crippen LogP contribution is -2.38. The van der Waals surface area contributed by atoms with Gasteiger partial charge in [-0.2, -0.15) is 0 Å². The molecule has 1 N–H and O–H groups in total. The number of rotatable bonds is 6. The van der Waals surface area contributed by atoms with Crippen molar-refractivity contribution in [1.29, 1.82) is 0 Å². The predicted molar refractivity (Wildman–Crippen MR) is 83.8 cm³/mol. The Bertz CT molecular complexity index is 599. The molecule has 0 aliphatic carbocycles. The normalized spacial score (nSPS) is 12.2. The molecule has 4 nitrogen and oxygen atoms in total. The van der Waals surface area contributed by atoms with Gasteiger partial charge in [0.1, 0.15) is 11.9 Å². The molecule has 0 aliphatic rings. The number of carbonyl (C=O) groups is 1. The number of pyridine rings is 1. The van der Waals surface area contributed by atoms with Crippen LogP contribution in [0.25, 0.3) is 0 Å². The molecule has 116 valence electrons. The predicted octanol–water partition coefficient (Wildman–Crippen LogP) is 2.18. The van der Waals surface area contributed by atoms with Crippen molar-refractivity contribution in [1.82, 2.24) is 15.2 Å². The maximum absolute atomic E-state index is 13.0. The Kier molecular flexibility index (Phi) is 5.61. The van der Waals surface area contributed by atoms with Crippen LogP contribution in [0, 0.1) is 5.82 Å².